The van der Waals surface area contributed by atoms with Gasteiger partial charge in [0.25, 0.3) is 0 Å². The first-order valence-electron chi connectivity index (χ1n) is 3.12. The van der Waals surface area contributed by atoms with Gasteiger partial charge in [-0.2, -0.15) is 0 Å². The van der Waals surface area contributed by atoms with Crippen LogP contribution in [-0.2, 0) is 4.79 Å². The van der Waals surface area contributed by atoms with Crippen LogP contribution in [0.3, 0.4) is 0 Å². The zero-order chi connectivity index (χ0) is 8.27. The largest absolute Gasteiger partial charge is 0.427 e. The summed E-state index contributed by atoms with van der Waals surface area (Å²) in [5.74, 6) is -0.392. The van der Waals surface area contributed by atoms with Crippen molar-refractivity contribution in [2.45, 2.75) is 6.92 Å². The second kappa shape index (κ2) is 3.14. The van der Waals surface area contributed by atoms with Gasteiger partial charge < -0.3 is 4.74 Å². The third-order valence-electron chi connectivity index (χ3n) is 1.08. The maximum atomic E-state index is 12.3. The average molecular weight is 154 g/mol. The fraction of sp³-hybridized carbons (Fsp3) is 0.125. The minimum Gasteiger partial charge on any atom is -0.427 e. The Labute approximate surface area is 63.6 Å². The van der Waals surface area contributed by atoms with E-state index in [1.807, 2.05) is 0 Å². The summed E-state index contributed by atoms with van der Waals surface area (Å²) in [5, 5.41) is 0. The zero-order valence-electron chi connectivity index (χ0n) is 6.00. The van der Waals surface area contributed by atoms with E-state index in [1.54, 1.807) is 0 Å². The molecule has 1 rings (SSSR count). The summed E-state index contributed by atoms with van der Waals surface area (Å²) in [4.78, 5) is 10.4. The average Bonchev–Trinajstić information content (AvgIpc) is 1.93. The molecule has 0 heterocycles. The van der Waals surface area contributed by atoms with Crippen LogP contribution < -0.4 is 4.74 Å². The third-order valence-corrected chi connectivity index (χ3v) is 1.08. The number of hydrogen-bond acceptors (Lipinski definition) is 2. The molecule has 0 N–H and O–H groups in total. The van der Waals surface area contributed by atoms with Gasteiger partial charge in [0.15, 0.2) is 0 Å². The van der Waals surface area contributed by atoms with Crippen molar-refractivity contribution < 1.29 is 13.9 Å². The summed E-state index contributed by atoms with van der Waals surface area (Å²) in [6.45, 7) is 1.29. The molecule has 11 heavy (non-hydrogen) atoms. The van der Waals surface area contributed by atoms with Crippen molar-refractivity contribution in [1.82, 2.24) is 0 Å². The number of benzene rings is 1. The van der Waals surface area contributed by atoms with Crippen LogP contribution in [0.15, 0.2) is 24.3 Å². The minimum atomic E-state index is -0.406. The lowest BCUT2D eigenvalue weighted by molar-refractivity contribution is -0.131. The van der Waals surface area contributed by atoms with Crippen LogP contribution in [0.25, 0.3) is 0 Å². The van der Waals surface area contributed by atoms with Gasteiger partial charge in [0.1, 0.15) is 11.6 Å². The highest BCUT2D eigenvalue weighted by molar-refractivity contribution is 5.69. The van der Waals surface area contributed by atoms with Gasteiger partial charge in [-0.25, -0.2) is 4.39 Å². The Morgan fingerprint density at radius 2 is 1.91 bits per heavy atom. The smallest absolute Gasteiger partial charge is 0.308 e. The van der Waals surface area contributed by atoms with E-state index in [4.69, 9.17) is 0 Å². The molecule has 0 atom stereocenters. The number of carbonyl (C=O) groups is 1. The van der Waals surface area contributed by atoms with Crippen molar-refractivity contribution in [3.8, 4) is 5.75 Å². The lowest BCUT2D eigenvalue weighted by Gasteiger charge is -1.98. The van der Waals surface area contributed by atoms with Crippen molar-refractivity contribution in [2.75, 3.05) is 0 Å². The van der Waals surface area contributed by atoms with E-state index in [-0.39, 0.29) is 5.82 Å². The number of carbonyl (C=O) groups excluding carboxylic acids is 1. The van der Waals surface area contributed by atoms with Gasteiger partial charge >= 0.3 is 5.97 Å². The van der Waals surface area contributed by atoms with E-state index in [1.165, 1.54) is 31.2 Å². The number of halogens is 1. The van der Waals surface area contributed by atoms with Gasteiger partial charge in [0.2, 0.25) is 0 Å². The molecule has 0 radical (unpaired) electrons. The number of esters is 1. The quantitative estimate of drug-likeness (QED) is 0.455. The third kappa shape index (κ3) is 2.37. The second-order valence-electron chi connectivity index (χ2n) is 2.05. The first-order valence-corrected chi connectivity index (χ1v) is 3.12. The molecule has 0 aromatic heterocycles. The highest BCUT2D eigenvalue weighted by atomic mass is 19.1. The SMILES string of the molecule is CC(=O)Oc1ccc(F)cc1. The van der Waals surface area contributed by atoms with Crippen molar-refractivity contribution in [1.29, 1.82) is 0 Å². The topological polar surface area (TPSA) is 26.3 Å². The first kappa shape index (κ1) is 7.72. The molecule has 1 aromatic carbocycles. The van der Waals surface area contributed by atoms with Crippen molar-refractivity contribution in [3.63, 3.8) is 0 Å². The van der Waals surface area contributed by atoms with Crippen LogP contribution >= 0.6 is 0 Å². The van der Waals surface area contributed by atoms with Crippen LogP contribution in [0.2, 0.25) is 0 Å². The molecule has 0 aliphatic carbocycles. The molecule has 0 spiro atoms. The lowest BCUT2D eigenvalue weighted by Crippen LogP contribution is -2.00. The Hall–Kier alpha value is -1.38. The summed E-state index contributed by atoms with van der Waals surface area (Å²) in [5.41, 5.74) is 0. The second-order valence-corrected chi connectivity index (χ2v) is 2.05. The summed E-state index contributed by atoms with van der Waals surface area (Å²) in [6.07, 6.45) is 0. The predicted octanol–water partition coefficient (Wildman–Crippen LogP) is 1.75. The van der Waals surface area contributed by atoms with Crippen LogP contribution in [0, 0.1) is 5.82 Å². The van der Waals surface area contributed by atoms with E-state index < -0.39 is 5.97 Å². The Morgan fingerprint density at radius 3 is 2.36 bits per heavy atom. The molecule has 0 saturated heterocycles. The van der Waals surface area contributed by atoms with Gasteiger partial charge in [0, 0.05) is 6.92 Å². The van der Waals surface area contributed by atoms with Gasteiger partial charge in [-0.15, -0.1) is 0 Å². The normalized spacial score (nSPS) is 9.27. The molecule has 0 aliphatic rings. The van der Waals surface area contributed by atoms with Crippen LogP contribution in [-0.4, -0.2) is 5.97 Å². The van der Waals surface area contributed by atoms with Crippen LogP contribution in [0.1, 0.15) is 6.92 Å². The van der Waals surface area contributed by atoms with Gasteiger partial charge in [-0.3, -0.25) is 4.79 Å². The van der Waals surface area contributed by atoms with E-state index in [0.29, 0.717) is 5.75 Å². The van der Waals surface area contributed by atoms with Crippen molar-refractivity contribution in [3.05, 3.63) is 30.1 Å². The zero-order valence-corrected chi connectivity index (χ0v) is 6.00. The van der Waals surface area contributed by atoms with E-state index in [9.17, 15) is 9.18 Å². The van der Waals surface area contributed by atoms with E-state index in [2.05, 4.69) is 4.74 Å². The van der Waals surface area contributed by atoms with Gasteiger partial charge in [-0.1, -0.05) is 0 Å². The van der Waals surface area contributed by atoms with Crippen LogP contribution in [0.4, 0.5) is 4.39 Å². The summed E-state index contributed by atoms with van der Waals surface area (Å²) < 4.78 is 16.9. The highest BCUT2D eigenvalue weighted by Gasteiger charge is 1.96. The summed E-state index contributed by atoms with van der Waals surface area (Å²) >= 11 is 0. The molecule has 0 bridgehead atoms. The van der Waals surface area contributed by atoms with Crippen LogP contribution in [0.5, 0.6) is 5.75 Å². The molecule has 1 aromatic rings. The molecule has 0 saturated carbocycles. The molecule has 0 unspecified atom stereocenters. The van der Waals surface area contributed by atoms with Gasteiger partial charge in [0.05, 0.1) is 0 Å². The molecule has 0 amide bonds. The maximum Gasteiger partial charge on any atom is 0.308 e. The summed E-state index contributed by atoms with van der Waals surface area (Å²) in [6, 6.07) is 5.27. The predicted molar refractivity (Wildman–Crippen MR) is 37.7 cm³/mol. The van der Waals surface area contributed by atoms with Gasteiger partial charge in [-0.05, 0) is 24.3 Å². The van der Waals surface area contributed by atoms with Crippen molar-refractivity contribution >= 4 is 5.97 Å². The molecule has 58 valence electrons. The van der Waals surface area contributed by atoms with Crippen molar-refractivity contribution in [2.24, 2.45) is 0 Å². The molecule has 0 fully saturated rings. The molecule has 3 heteroatoms. The lowest BCUT2D eigenvalue weighted by atomic mass is 10.3. The number of rotatable bonds is 1. The molecule has 2 nitrogen and oxygen atoms in total. The molecular formula is C8H7FO2. The minimum absolute atomic E-state index is 0.346. The fourth-order valence-corrected chi connectivity index (χ4v) is 0.669. The van der Waals surface area contributed by atoms with E-state index in [0.717, 1.165) is 0 Å². The standard InChI is InChI=1S/C8H7FO2/c1-6(10)11-8-4-2-7(9)3-5-8/h2-5H,1H3. The first-order chi connectivity index (χ1) is 5.18. The summed E-state index contributed by atoms with van der Waals surface area (Å²) in [7, 11) is 0. The Morgan fingerprint density at radius 1 is 1.36 bits per heavy atom. The maximum absolute atomic E-state index is 12.3. The monoisotopic (exact) mass is 154 g/mol. The van der Waals surface area contributed by atoms with E-state index >= 15 is 0 Å². The Kier molecular flexibility index (Phi) is 2.21. The number of ether oxygens (including phenoxy) is 1. The Balaban J connectivity index is 2.74. The molecular weight excluding hydrogens is 147 g/mol. The Bertz CT molecular complexity index is 253. The molecule has 0 aliphatic heterocycles. The fourth-order valence-electron chi connectivity index (χ4n) is 0.669. The highest BCUT2D eigenvalue weighted by Crippen LogP contribution is 2.10. The number of hydrogen-bond donors (Lipinski definition) is 0.